The molecule has 0 amide bonds. The first kappa shape index (κ1) is 7.82. The molecular formula is C6H8ClNOS. The van der Waals surface area contributed by atoms with E-state index < -0.39 is 15.3 Å². The molecule has 0 aromatic rings. The third-order valence-electron chi connectivity index (χ3n) is 1.08. The van der Waals surface area contributed by atoms with Crippen molar-refractivity contribution in [3.05, 3.63) is 11.1 Å². The number of carbonyl (C=O) groups excluding carboxylic acids is 1. The van der Waals surface area contributed by atoms with Crippen LogP contribution in [0.3, 0.4) is 0 Å². The normalized spacial score (nSPS) is 24.1. The van der Waals surface area contributed by atoms with Crippen molar-refractivity contribution < 1.29 is 4.79 Å². The molecule has 1 aliphatic heterocycles. The van der Waals surface area contributed by atoms with Crippen LogP contribution in [0.2, 0.25) is 0 Å². The van der Waals surface area contributed by atoms with Gasteiger partial charge in [-0.15, -0.1) is 0 Å². The van der Waals surface area contributed by atoms with Gasteiger partial charge in [-0.2, -0.15) is 10.0 Å². The molecule has 0 aromatic heterocycles. The molecule has 0 atom stereocenters. The molecule has 0 fully saturated rings. The molecule has 1 aliphatic rings. The molecule has 0 aliphatic carbocycles. The summed E-state index contributed by atoms with van der Waals surface area (Å²) in [7, 11) is -0.899. The summed E-state index contributed by atoms with van der Waals surface area (Å²) >= 11 is 5.20. The zero-order valence-electron chi connectivity index (χ0n) is 5.80. The topological polar surface area (TPSA) is 29.4 Å². The van der Waals surface area contributed by atoms with E-state index in [9.17, 15) is 4.79 Å². The molecule has 1 heterocycles. The van der Waals surface area contributed by atoms with Crippen molar-refractivity contribution in [2.45, 2.75) is 0 Å². The largest absolute Gasteiger partial charge is 0.274 e. The van der Waals surface area contributed by atoms with Crippen LogP contribution < -0.4 is 0 Å². The van der Waals surface area contributed by atoms with Crippen LogP contribution in [0.15, 0.2) is 16.1 Å². The van der Waals surface area contributed by atoms with Gasteiger partial charge in [-0.05, 0) is 29.5 Å². The van der Waals surface area contributed by atoms with E-state index in [1.165, 1.54) is 0 Å². The van der Waals surface area contributed by atoms with Crippen LogP contribution in [-0.4, -0.2) is 23.3 Å². The molecule has 0 unspecified atom stereocenters. The Labute approximate surface area is 66.3 Å². The first-order valence-electron chi connectivity index (χ1n) is 2.70. The van der Waals surface area contributed by atoms with Crippen LogP contribution >= 0.6 is 21.6 Å². The minimum absolute atomic E-state index is 0.390. The Morgan fingerprint density at radius 3 is 2.50 bits per heavy atom. The lowest BCUT2D eigenvalue weighted by atomic mass is 10.6. The van der Waals surface area contributed by atoms with Crippen molar-refractivity contribution in [3.63, 3.8) is 0 Å². The Balaban J connectivity index is 2.88. The molecule has 10 heavy (non-hydrogen) atoms. The fraction of sp³-hybridized carbons (Fsp3) is 0.333. The van der Waals surface area contributed by atoms with Crippen molar-refractivity contribution in [3.8, 4) is 0 Å². The van der Waals surface area contributed by atoms with E-state index in [0.717, 1.165) is 0 Å². The maximum absolute atomic E-state index is 10.5. The number of hydrogen-bond donors (Lipinski definition) is 0. The van der Waals surface area contributed by atoms with Gasteiger partial charge in [0, 0.05) is 5.55 Å². The smallest absolute Gasteiger partial charge is 0.271 e. The molecule has 56 valence electrons. The SMILES string of the molecule is CS1(C)C=NC(C(=O)Cl)=C1. The van der Waals surface area contributed by atoms with E-state index >= 15 is 0 Å². The Bertz CT molecular complexity index is 232. The Hall–Kier alpha value is -0.280. The highest BCUT2D eigenvalue weighted by Gasteiger charge is 2.16. The van der Waals surface area contributed by atoms with Crippen LogP contribution in [0, 0.1) is 0 Å². The molecule has 0 radical (unpaired) electrons. The molecule has 4 heteroatoms. The lowest BCUT2D eigenvalue weighted by Gasteiger charge is -2.14. The molecule has 2 nitrogen and oxygen atoms in total. The highest BCUT2D eigenvalue weighted by Crippen LogP contribution is 2.43. The van der Waals surface area contributed by atoms with Crippen molar-refractivity contribution in [1.29, 1.82) is 0 Å². The standard InChI is InChI=1S/C6H8ClNOS/c1-10(2)3-5(6(7)9)8-4-10/h3-4H,1-2H3. The summed E-state index contributed by atoms with van der Waals surface area (Å²) in [5, 5.41) is 1.37. The summed E-state index contributed by atoms with van der Waals surface area (Å²) in [4.78, 5) is 14.4. The molecule has 1 rings (SSSR count). The Morgan fingerprint density at radius 2 is 2.30 bits per heavy atom. The second-order valence-corrected chi connectivity index (χ2v) is 6.26. The van der Waals surface area contributed by atoms with Gasteiger partial charge in [0.15, 0.2) is 0 Å². The number of aliphatic imine (C=N–C) groups is 1. The van der Waals surface area contributed by atoms with Gasteiger partial charge in [0.2, 0.25) is 0 Å². The highest BCUT2D eigenvalue weighted by atomic mass is 35.5. The van der Waals surface area contributed by atoms with Gasteiger partial charge in [0.1, 0.15) is 5.70 Å². The number of carbonyl (C=O) groups is 1. The van der Waals surface area contributed by atoms with Gasteiger partial charge in [-0.1, -0.05) is 0 Å². The summed E-state index contributed by atoms with van der Waals surface area (Å²) in [6.45, 7) is 0. The van der Waals surface area contributed by atoms with Crippen molar-refractivity contribution in [2.75, 3.05) is 12.5 Å². The lowest BCUT2D eigenvalue weighted by molar-refractivity contribution is -0.108. The van der Waals surface area contributed by atoms with Gasteiger partial charge in [-0.25, -0.2) is 4.99 Å². The summed E-state index contributed by atoms with van der Waals surface area (Å²) in [5.74, 6) is 0. The average molecular weight is 178 g/mol. The summed E-state index contributed by atoms with van der Waals surface area (Å²) in [6.07, 6.45) is 4.09. The van der Waals surface area contributed by atoms with Gasteiger partial charge in [0.05, 0.1) is 0 Å². The second-order valence-electron chi connectivity index (χ2n) is 2.50. The van der Waals surface area contributed by atoms with Crippen molar-refractivity contribution >= 4 is 32.4 Å². The number of halogens is 1. The monoisotopic (exact) mass is 177 g/mol. The Kier molecular flexibility index (Phi) is 1.88. The third kappa shape index (κ3) is 1.61. The van der Waals surface area contributed by atoms with E-state index in [1.54, 1.807) is 5.55 Å². The first-order chi connectivity index (χ1) is 4.51. The Morgan fingerprint density at radius 1 is 1.70 bits per heavy atom. The molecule has 0 saturated heterocycles. The molecule has 0 aromatic carbocycles. The predicted molar refractivity (Wildman–Crippen MR) is 46.9 cm³/mol. The first-order valence-corrected chi connectivity index (χ1v) is 5.66. The zero-order valence-corrected chi connectivity index (χ0v) is 7.37. The molecule has 0 spiro atoms. The number of nitrogens with zero attached hydrogens (tertiary/aromatic N) is 1. The van der Waals surface area contributed by atoms with E-state index in [1.807, 2.05) is 17.9 Å². The highest BCUT2D eigenvalue weighted by molar-refractivity contribution is 8.45. The average Bonchev–Trinajstić information content (AvgIpc) is 2.10. The zero-order chi connectivity index (χ0) is 7.78. The van der Waals surface area contributed by atoms with E-state index in [4.69, 9.17) is 11.6 Å². The molecular weight excluding hydrogens is 170 g/mol. The maximum Gasteiger partial charge on any atom is 0.271 e. The lowest BCUT2D eigenvalue weighted by Crippen LogP contribution is -1.87. The van der Waals surface area contributed by atoms with E-state index in [-0.39, 0.29) is 0 Å². The molecule has 0 N–H and O–H groups in total. The van der Waals surface area contributed by atoms with Crippen LogP contribution in [0.1, 0.15) is 0 Å². The number of rotatable bonds is 1. The van der Waals surface area contributed by atoms with E-state index in [0.29, 0.717) is 5.70 Å². The fourth-order valence-corrected chi connectivity index (χ4v) is 2.00. The minimum atomic E-state index is -0.899. The summed E-state index contributed by atoms with van der Waals surface area (Å²) in [6, 6.07) is 0. The maximum atomic E-state index is 10.5. The van der Waals surface area contributed by atoms with Crippen molar-refractivity contribution in [2.24, 2.45) is 4.99 Å². The van der Waals surface area contributed by atoms with Crippen LogP contribution in [-0.2, 0) is 4.79 Å². The van der Waals surface area contributed by atoms with Gasteiger partial charge < -0.3 is 0 Å². The van der Waals surface area contributed by atoms with Gasteiger partial charge >= 0.3 is 0 Å². The molecule has 0 bridgehead atoms. The molecule has 0 saturated carbocycles. The third-order valence-corrected chi connectivity index (χ3v) is 2.75. The van der Waals surface area contributed by atoms with Crippen LogP contribution in [0.4, 0.5) is 0 Å². The predicted octanol–water partition coefficient (Wildman–Crippen LogP) is 1.70. The summed E-state index contributed by atoms with van der Waals surface area (Å²) < 4.78 is 0. The van der Waals surface area contributed by atoms with Crippen LogP contribution in [0.5, 0.6) is 0 Å². The summed E-state index contributed by atoms with van der Waals surface area (Å²) in [5.41, 5.74) is 2.18. The van der Waals surface area contributed by atoms with E-state index in [2.05, 4.69) is 4.99 Å². The quantitative estimate of drug-likeness (QED) is 0.561. The fourth-order valence-electron chi connectivity index (χ4n) is 0.638. The minimum Gasteiger partial charge on any atom is -0.274 e. The van der Waals surface area contributed by atoms with Gasteiger partial charge in [-0.3, -0.25) is 4.79 Å². The van der Waals surface area contributed by atoms with Gasteiger partial charge in [0.25, 0.3) is 5.24 Å². The van der Waals surface area contributed by atoms with Crippen LogP contribution in [0.25, 0.3) is 0 Å². The second kappa shape index (κ2) is 2.40. The number of hydrogen-bond acceptors (Lipinski definition) is 2. The van der Waals surface area contributed by atoms with Crippen molar-refractivity contribution in [1.82, 2.24) is 0 Å². The number of allylic oxidation sites excluding steroid dienone is 1.